The zero-order valence-corrected chi connectivity index (χ0v) is 14.6. The van der Waals surface area contributed by atoms with E-state index in [0.29, 0.717) is 17.9 Å². The van der Waals surface area contributed by atoms with Crippen molar-refractivity contribution in [3.63, 3.8) is 0 Å². The van der Waals surface area contributed by atoms with Gasteiger partial charge in [-0.3, -0.25) is 4.72 Å². The molecule has 0 aliphatic carbocycles. The quantitative estimate of drug-likeness (QED) is 0.753. The van der Waals surface area contributed by atoms with Crippen LogP contribution in [0.25, 0.3) is 0 Å². The highest BCUT2D eigenvalue weighted by atomic mass is 79.9. The smallest absolute Gasteiger partial charge is 0.232 e. The van der Waals surface area contributed by atoms with Crippen LogP contribution in [0.3, 0.4) is 0 Å². The van der Waals surface area contributed by atoms with Crippen molar-refractivity contribution in [2.75, 3.05) is 15.8 Å². The third-order valence-electron chi connectivity index (χ3n) is 2.92. The number of nitrogens with zero attached hydrogens (tertiary/aromatic N) is 1. The van der Waals surface area contributed by atoms with Crippen LogP contribution in [0.1, 0.15) is 19.8 Å². The van der Waals surface area contributed by atoms with Gasteiger partial charge in [0.1, 0.15) is 5.82 Å². The Labute approximate surface area is 139 Å². The van der Waals surface area contributed by atoms with Crippen molar-refractivity contribution in [2.45, 2.75) is 19.8 Å². The molecule has 1 aromatic carbocycles. The van der Waals surface area contributed by atoms with Crippen LogP contribution >= 0.6 is 15.9 Å². The summed E-state index contributed by atoms with van der Waals surface area (Å²) in [4.78, 5) is 4.21. The predicted octanol–water partition coefficient (Wildman–Crippen LogP) is 4.13. The van der Waals surface area contributed by atoms with Crippen LogP contribution in [-0.2, 0) is 10.0 Å². The number of hydrogen-bond acceptors (Lipinski definition) is 4. The van der Waals surface area contributed by atoms with Gasteiger partial charge in [0.2, 0.25) is 10.0 Å². The van der Waals surface area contributed by atoms with Crippen molar-refractivity contribution >= 4 is 43.1 Å². The molecular formula is C15H18BrN3O2S. The van der Waals surface area contributed by atoms with E-state index >= 15 is 0 Å². The normalized spacial score (nSPS) is 11.2. The van der Waals surface area contributed by atoms with Crippen LogP contribution in [0, 0.1) is 0 Å². The van der Waals surface area contributed by atoms with Crippen molar-refractivity contribution in [1.29, 1.82) is 0 Å². The van der Waals surface area contributed by atoms with Gasteiger partial charge >= 0.3 is 0 Å². The summed E-state index contributed by atoms with van der Waals surface area (Å²) >= 11 is 3.38. The van der Waals surface area contributed by atoms with Gasteiger partial charge in [-0.05, 0) is 42.8 Å². The third kappa shape index (κ3) is 5.31. The molecule has 0 spiro atoms. The fourth-order valence-corrected chi connectivity index (χ4v) is 3.29. The summed E-state index contributed by atoms with van der Waals surface area (Å²) in [5, 5.41) is 3.15. The van der Waals surface area contributed by atoms with Gasteiger partial charge in [-0.1, -0.05) is 29.3 Å². The van der Waals surface area contributed by atoms with E-state index in [4.69, 9.17) is 0 Å². The number of aromatic nitrogens is 1. The average Bonchev–Trinajstić information content (AvgIpc) is 2.49. The highest BCUT2D eigenvalue weighted by Gasteiger charge is 2.09. The van der Waals surface area contributed by atoms with E-state index < -0.39 is 10.0 Å². The lowest BCUT2D eigenvalue weighted by Crippen LogP contribution is -2.16. The lowest BCUT2D eigenvalue weighted by molar-refractivity contribution is 0.598. The molecule has 0 aliphatic heterocycles. The Bertz CT molecular complexity index is 701. The van der Waals surface area contributed by atoms with E-state index in [1.165, 1.54) is 6.20 Å². The fraction of sp³-hybridized carbons (Fsp3) is 0.267. The maximum Gasteiger partial charge on any atom is 0.232 e. The molecule has 0 fully saturated rings. The lowest BCUT2D eigenvalue weighted by Gasteiger charge is -2.09. The van der Waals surface area contributed by atoms with Gasteiger partial charge in [-0.15, -0.1) is 0 Å². The number of halogens is 1. The van der Waals surface area contributed by atoms with E-state index in [1.54, 1.807) is 12.1 Å². The second-order valence-electron chi connectivity index (χ2n) is 4.84. The van der Waals surface area contributed by atoms with Gasteiger partial charge in [0.15, 0.2) is 0 Å². The molecular weight excluding hydrogens is 366 g/mol. The first-order valence-electron chi connectivity index (χ1n) is 6.97. The first-order valence-corrected chi connectivity index (χ1v) is 9.42. The average molecular weight is 384 g/mol. The van der Waals surface area contributed by atoms with Gasteiger partial charge in [0.25, 0.3) is 0 Å². The van der Waals surface area contributed by atoms with Crippen LogP contribution in [0.15, 0.2) is 47.1 Å². The monoisotopic (exact) mass is 383 g/mol. The number of hydrogen-bond donors (Lipinski definition) is 2. The number of anilines is 3. The van der Waals surface area contributed by atoms with Crippen molar-refractivity contribution in [3.05, 3.63) is 47.1 Å². The summed E-state index contributed by atoms with van der Waals surface area (Å²) in [6.45, 7) is 1.96. The maximum absolute atomic E-state index is 11.8. The van der Waals surface area contributed by atoms with Gasteiger partial charge in [0, 0.05) is 10.2 Å². The van der Waals surface area contributed by atoms with E-state index in [0.717, 1.165) is 16.6 Å². The van der Waals surface area contributed by atoms with Crippen LogP contribution in [-0.4, -0.2) is 19.2 Å². The minimum atomic E-state index is -3.29. The first-order chi connectivity index (χ1) is 10.5. The minimum Gasteiger partial charge on any atom is -0.340 e. The molecule has 7 heteroatoms. The van der Waals surface area contributed by atoms with Crippen molar-refractivity contribution in [3.8, 4) is 0 Å². The summed E-state index contributed by atoms with van der Waals surface area (Å²) in [6.07, 6.45) is 2.99. The number of rotatable bonds is 7. The molecule has 0 unspecified atom stereocenters. The highest BCUT2D eigenvalue weighted by Crippen LogP contribution is 2.19. The van der Waals surface area contributed by atoms with E-state index in [9.17, 15) is 8.42 Å². The highest BCUT2D eigenvalue weighted by molar-refractivity contribution is 9.10. The number of unbranched alkanes of at least 4 members (excludes halogenated alkanes) is 1. The van der Waals surface area contributed by atoms with Gasteiger partial charge < -0.3 is 5.32 Å². The molecule has 1 heterocycles. The topological polar surface area (TPSA) is 71.1 Å². The Balaban J connectivity index is 1.99. The third-order valence-corrected chi connectivity index (χ3v) is 4.82. The molecule has 118 valence electrons. The van der Waals surface area contributed by atoms with Crippen LogP contribution in [0.5, 0.6) is 0 Å². The molecule has 0 bridgehead atoms. The number of sulfonamides is 1. The van der Waals surface area contributed by atoms with Gasteiger partial charge in [-0.25, -0.2) is 13.4 Å². The molecule has 0 radical (unpaired) electrons. The van der Waals surface area contributed by atoms with E-state index in [1.807, 2.05) is 31.2 Å². The summed E-state index contributed by atoms with van der Waals surface area (Å²) in [7, 11) is -3.29. The molecule has 5 nitrogen and oxygen atoms in total. The van der Waals surface area contributed by atoms with Crippen LogP contribution in [0.2, 0.25) is 0 Å². The molecule has 0 atom stereocenters. The largest absolute Gasteiger partial charge is 0.340 e. The van der Waals surface area contributed by atoms with Gasteiger partial charge in [0.05, 0.1) is 17.6 Å². The first kappa shape index (κ1) is 16.8. The molecule has 1 aromatic heterocycles. The molecule has 0 saturated carbocycles. The number of benzene rings is 1. The maximum atomic E-state index is 11.8. The number of nitrogens with one attached hydrogen (secondary N) is 2. The van der Waals surface area contributed by atoms with Crippen molar-refractivity contribution < 1.29 is 8.42 Å². The summed E-state index contributed by atoms with van der Waals surface area (Å²) in [5.74, 6) is 0.779. The fourth-order valence-electron chi connectivity index (χ4n) is 1.77. The Kier molecular flexibility index (Phi) is 5.79. The van der Waals surface area contributed by atoms with E-state index in [2.05, 4.69) is 31.0 Å². The Morgan fingerprint density at radius 3 is 2.36 bits per heavy atom. The molecule has 0 amide bonds. The molecule has 22 heavy (non-hydrogen) atoms. The minimum absolute atomic E-state index is 0.127. The summed E-state index contributed by atoms with van der Waals surface area (Å²) < 4.78 is 27.1. The summed E-state index contributed by atoms with van der Waals surface area (Å²) in [6, 6.07) is 11.1. The summed E-state index contributed by atoms with van der Waals surface area (Å²) in [5.41, 5.74) is 1.38. The molecule has 0 aliphatic rings. The number of pyridine rings is 1. The van der Waals surface area contributed by atoms with Crippen LogP contribution in [0.4, 0.5) is 17.2 Å². The Morgan fingerprint density at radius 1 is 1.09 bits per heavy atom. The second kappa shape index (κ2) is 7.60. The molecule has 0 saturated heterocycles. The predicted molar refractivity (Wildman–Crippen MR) is 94.0 cm³/mol. The molecule has 2 rings (SSSR count). The van der Waals surface area contributed by atoms with Crippen molar-refractivity contribution in [1.82, 2.24) is 4.98 Å². The lowest BCUT2D eigenvalue weighted by atomic mass is 10.3. The van der Waals surface area contributed by atoms with E-state index in [-0.39, 0.29) is 5.75 Å². The SMILES string of the molecule is CCCCS(=O)(=O)Nc1ccc(Nc2ccc(Br)cc2)nc1. The zero-order valence-electron chi connectivity index (χ0n) is 12.2. The standard InChI is InChI=1S/C15H18BrN3O2S/c1-2-3-10-22(20,21)19-14-8-9-15(17-11-14)18-13-6-4-12(16)5-7-13/h4-9,11,19H,2-3,10H2,1H3,(H,17,18). The second-order valence-corrected chi connectivity index (χ2v) is 7.60. The van der Waals surface area contributed by atoms with Crippen molar-refractivity contribution in [2.24, 2.45) is 0 Å². The molecule has 2 aromatic rings. The molecule has 2 N–H and O–H groups in total. The Hall–Kier alpha value is -1.60. The zero-order chi connectivity index (χ0) is 16.0. The Morgan fingerprint density at radius 2 is 1.77 bits per heavy atom. The van der Waals surface area contributed by atoms with Gasteiger partial charge in [-0.2, -0.15) is 0 Å². The van der Waals surface area contributed by atoms with Crippen LogP contribution < -0.4 is 10.0 Å².